The van der Waals surface area contributed by atoms with E-state index < -0.39 is 126 Å². The van der Waals surface area contributed by atoms with Crippen LogP contribution in [0.4, 0.5) is 61.5 Å². The van der Waals surface area contributed by atoms with Gasteiger partial charge in [-0.1, -0.05) is 0 Å². The second-order valence-electron chi connectivity index (χ2n) is 8.69. The molecule has 0 aromatic rings. The number of hydrogen-bond acceptors (Lipinski definition) is 1. The molecule has 0 spiro atoms. The topological polar surface area (TPSA) is 9.23 Å². The molecular formula is C20H28F14O. The van der Waals surface area contributed by atoms with Gasteiger partial charge in [-0.25, -0.2) is 17.6 Å². The molecule has 0 radical (unpaired) electrons. The molecule has 0 rings (SSSR count). The average molecular weight is 550 g/mol. The zero-order chi connectivity index (χ0) is 27.6. The molecular weight excluding hydrogens is 522 g/mol. The van der Waals surface area contributed by atoms with Crippen molar-refractivity contribution in [2.75, 3.05) is 93.4 Å². The molecule has 212 valence electrons. The summed E-state index contributed by atoms with van der Waals surface area (Å²) >= 11 is 0. The van der Waals surface area contributed by atoms with Crippen molar-refractivity contribution in [1.82, 2.24) is 0 Å². The summed E-state index contributed by atoms with van der Waals surface area (Å²) in [6, 6.07) is 0. The highest BCUT2D eigenvalue weighted by Crippen LogP contribution is 2.58. The van der Waals surface area contributed by atoms with Gasteiger partial charge < -0.3 is 4.74 Å². The monoisotopic (exact) mass is 550 g/mol. The highest BCUT2D eigenvalue weighted by atomic mass is 19.2. The van der Waals surface area contributed by atoms with Crippen molar-refractivity contribution in [2.24, 2.45) is 21.7 Å². The zero-order valence-electron chi connectivity index (χ0n) is 18.6. The smallest absolute Gasteiger partial charge is 0.137 e. The van der Waals surface area contributed by atoms with E-state index in [1.54, 1.807) is 0 Å². The minimum atomic E-state index is -4.09. The van der Waals surface area contributed by atoms with E-state index >= 15 is 0 Å². The fourth-order valence-corrected chi connectivity index (χ4v) is 4.34. The molecule has 0 unspecified atom stereocenters. The molecule has 0 amide bonds. The zero-order valence-corrected chi connectivity index (χ0v) is 18.6. The van der Waals surface area contributed by atoms with Gasteiger partial charge in [-0.2, -0.15) is 0 Å². The van der Waals surface area contributed by atoms with E-state index in [-0.39, 0.29) is 0 Å². The van der Waals surface area contributed by atoms with Crippen molar-refractivity contribution in [1.29, 1.82) is 0 Å². The number of halogens is 14. The molecule has 0 N–H and O–H groups in total. The maximum absolute atomic E-state index is 14.3. The van der Waals surface area contributed by atoms with E-state index in [4.69, 9.17) is 0 Å². The van der Waals surface area contributed by atoms with Gasteiger partial charge in [0.1, 0.15) is 105 Å². The van der Waals surface area contributed by atoms with E-state index in [9.17, 15) is 61.5 Å². The van der Waals surface area contributed by atoms with Crippen LogP contribution in [0.5, 0.6) is 0 Å². The van der Waals surface area contributed by atoms with Crippen LogP contribution < -0.4 is 0 Å². The lowest BCUT2D eigenvalue weighted by molar-refractivity contribution is -0.324. The predicted octanol–water partition coefficient (Wildman–Crippen LogP) is 6.00. The number of hydrogen-bond donors (Lipinski definition) is 0. The predicted molar refractivity (Wildman–Crippen MR) is 99.9 cm³/mol. The molecule has 0 bridgehead atoms. The molecule has 1 nitrogen and oxygen atoms in total. The van der Waals surface area contributed by atoms with Gasteiger partial charge in [0.25, 0.3) is 0 Å². The highest BCUT2D eigenvalue weighted by molar-refractivity contribution is 5.16. The Balaban J connectivity index is 7.62. The Morgan fingerprint density at radius 2 is 0.486 bits per heavy atom. The van der Waals surface area contributed by atoms with Crippen molar-refractivity contribution in [3.63, 3.8) is 0 Å². The number of alkyl halides is 14. The lowest BCUT2D eigenvalue weighted by Crippen LogP contribution is -2.74. The molecule has 35 heavy (non-hydrogen) atoms. The van der Waals surface area contributed by atoms with Crippen molar-refractivity contribution in [3.8, 4) is 0 Å². The van der Waals surface area contributed by atoms with Gasteiger partial charge in [0, 0.05) is 0 Å². The fourth-order valence-electron chi connectivity index (χ4n) is 4.34. The molecule has 0 aromatic heterocycles. The Labute approximate surface area is 193 Å². The van der Waals surface area contributed by atoms with Crippen LogP contribution in [0.2, 0.25) is 0 Å². The second-order valence-corrected chi connectivity index (χ2v) is 8.69. The first-order chi connectivity index (χ1) is 16.6. The molecule has 0 atom stereocenters. The normalized spacial score (nSPS) is 14.6. The minimum absolute atomic E-state index is 2.34. The van der Waals surface area contributed by atoms with Gasteiger partial charge in [0.2, 0.25) is 0 Å². The van der Waals surface area contributed by atoms with Gasteiger partial charge in [0.15, 0.2) is 0 Å². The maximum atomic E-state index is 14.3. The highest BCUT2D eigenvalue weighted by Gasteiger charge is 2.72. The third kappa shape index (κ3) is 4.60. The SMILES string of the molecule is FCC(CF)(CF)C(CF)(CF)C(CF)(CF)OC(CF)(CF)C(CF)(CF)C(CF)(CF)CF. The van der Waals surface area contributed by atoms with E-state index in [1.807, 2.05) is 0 Å². The van der Waals surface area contributed by atoms with Gasteiger partial charge in [-0.15, -0.1) is 0 Å². The van der Waals surface area contributed by atoms with Gasteiger partial charge in [-0.05, 0) is 0 Å². The van der Waals surface area contributed by atoms with Crippen LogP contribution in [-0.2, 0) is 4.74 Å². The fraction of sp³-hybridized carbons (Fsp3) is 1.00. The molecule has 0 heterocycles. The molecule has 0 aliphatic rings. The lowest BCUT2D eigenvalue weighted by atomic mass is 9.55. The molecule has 0 aromatic carbocycles. The lowest BCUT2D eigenvalue weighted by Gasteiger charge is -2.59. The molecule has 0 aliphatic heterocycles. The first kappa shape index (κ1) is 34.0. The summed E-state index contributed by atoms with van der Waals surface area (Å²) in [7, 11) is 0. The van der Waals surface area contributed by atoms with E-state index in [0.717, 1.165) is 0 Å². The Bertz CT molecular complexity index is 516. The Hall–Kier alpha value is -1.02. The van der Waals surface area contributed by atoms with Crippen molar-refractivity contribution < 1.29 is 66.2 Å². The summed E-state index contributed by atoms with van der Waals surface area (Å²) in [5, 5.41) is 0. The summed E-state index contributed by atoms with van der Waals surface area (Å²) < 4.78 is 202. The third-order valence-corrected chi connectivity index (χ3v) is 7.48. The van der Waals surface area contributed by atoms with Crippen molar-refractivity contribution >= 4 is 0 Å². The molecule has 0 aliphatic carbocycles. The van der Waals surface area contributed by atoms with Crippen LogP contribution in [-0.4, -0.2) is 105 Å². The number of rotatable bonds is 20. The maximum Gasteiger partial charge on any atom is 0.137 e. The largest absolute Gasteiger partial charge is 0.356 e. The van der Waals surface area contributed by atoms with E-state index in [2.05, 4.69) is 4.74 Å². The van der Waals surface area contributed by atoms with Crippen LogP contribution in [0.1, 0.15) is 0 Å². The Morgan fingerprint density at radius 3 is 0.600 bits per heavy atom. The van der Waals surface area contributed by atoms with Crippen LogP contribution >= 0.6 is 0 Å². The van der Waals surface area contributed by atoms with Gasteiger partial charge in [0.05, 0.1) is 21.7 Å². The van der Waals surface area contributed by atoms with Crippen LogP contribution in [0.15, 0.2) is 0 Å². The minimum Gasteiger partial charge on any atom is -0.356 e. The van der Waals surface area contributed by atoms with Gasteiger partial charge in [-0.3, -0.25) is 43.9 Å². The van der Waals surface area contributed by atoms with Crippen LogP contribution in [0, 0.1) is 21.7 Å². The second kappa shape index (κ2) is 13.5. The van der Waals surface area contributed by atoms with Crippen molar-refractivity contribution in [2.45, 2.75) is 11.2 Å². The van der Waals surface area contributed by atoms with Gasteiger partial charge >= 0.3 is 0 Å². The summed E-state index contributed by atoms with van der Waals surface area (Å²) in [5.74, 6) is 0. The molecule has 0 fully saturated rings. The number of ether oxygens (including phenoxy) is 1. The van der Waals surface area contributed by atoms with E-state index in [1.165, 1.54) is 0 Å². The summed E-state index contributed by atoms with van der Waals surface area (Å²) in [6.45, 7) is -34.5. The standard InChI is InChI=1S/C20H28F14O/c21-1-15(2-22,3-23)17(7-27,8-28)19(11-31,12-32)35-20(13-33,14-34)18(9-29,10-30)16(4-24,5-25)6-26/h1-14H2. The average Bonchev–Trinajstić information content (AvgIpc) is 2.92. The Morgan fingerprint density at radius 1 is 0.286 bits per heavy atom. The summed E-state index contributed by atoms with van der Waals surface area (Å²) in [5.41, 5.74) is -23.1. The molecule has 0 saturated heterocycles. The molecule has 0 saturated carbocycles. The first-order valence-electron chi connectivity index (χ1n) is 10.1. The summed E-state index contributed by atoms with van der Waals surface area (Å²) in [4.78, 5) is 0. The van der Waals surface area contributed by atoms with E-state index in [0.29, 0.717) is 0 Å². The molecule has 15 heteroatoms. The summed E-state index contributed by atoms with van der Waals surface area (Å²) in [6.07, 6.45) is 0. The Kier molecular flexibility index (Phi) is 13.1. The third-order valence-electron chi connectivity index (χ3n) is 7.48. The quantitative estimate of drug-likeness (QED) is 0.169. The van der Waals surface area contributed by atoms with Crippen LogP contribution in [0.3, 0.4) is 0 Å². The van der Waals surface area contributed by atoms with Crippen molar-refractivity contribution in [3.05, 3.63) is 0 Å². The van der Waals surface area contributed by atoms with Crippen LogP contribution in [0.25, 0.3) is 0 Å². The first-order valence-corrected chi connectivity index (χ1v) is 10.1.